The molecule has 1 heterocycles. The Bertz CT molecular complexity index is 870. The maximum absolute atomic E-state index is 13.5. The van der Waals surface area contributed by atoms with E-state index in [1.54, 1.807) is 0 Å². The number of hydrogen-bond donors (Lipinski definition) is 2. The zero-order valence-corrected chi connectivity index (χ0v) is 12.4. The largest absolute Gasteiger partial charge is 0.480 e. The summed E-state index contributed by atoms with van der Waals surface area (Å²) in [7, 11) is 0. The summed E-state index contributed by atoms with van der Waals surface area (Å²) in [5, 5.41) is 8.92. The molecule has 0 saturated carbocycles. The second-order valence-corrected chi connectivity index (χ2v) is 5.49. The quantitative estimate of drug-likeness (QED) is 0.899. The van der Waals surface area contributed by atoms with Gasteiger partial charge >= 0.3 is 11.7 Å². The van der Waals surface area contributed by atoms with Crippen molar-refractivity contribution in [3.8, 4) is 11.1 Å². The number of aliphatic carboxylic acids is 1. The van der Waals surface area contributed by atoms with Gasteiger partial charge in [-0.25, -0.2) is 18.5 Å². The Labute approximate surface area is 128 Å². The lowest BCUT2D eigenvalue weighted by atomic mass is 10.0. The summed E-state index contributed by atoms with van der Waals surface area (Å²) in [6.45, 7) is 2.42. The Morgan fingerprint density at radius 2 is 1.95 bits per heavy atom. The number of carboxylic acid groups (broad SMARTS) is 1. The lowest BCUT2D eigenvalue weighted by molar-refractivity contribution is -0.146. The van der Waals surface area contributed by atoms with E-state index in [9.17, 15) is 23.9 Å². The van der Waals surface area contributed by atoms with Gasteiger partial charge in [0.1, 0.15) is 11.4 Å². The number of nitrogens with zero attached hydrogens (tertiary/aromatic N) is 1. The van der Waals surface area contributed by atoms with Crippen LogP contribution in [0.4, 0.5) is 4.39 Å². The zero-order valence-electron chi connectivity index (χ0n) is 11.7. The molecule has 116 valence electrons. The van der Waals surface area contributed by atoms with Crippen LogP contribution < -0.4 is 11.2 Å². The molecule has 2 N–H and O–H groups in total. The molecule has 0 unspecified atom stereocenters. The molecule has 1 aromatic carbocycles. The van der Waals surface area contributed by atoms with E-state index in [1.165, 1.54) is 26.0 Å². The van der Waals surface area contributed by atoms with E-state index in [4.69, 9.17) is 11.6 Å². The molecule has 0 spiro atoms. The van der Waals surface area contributed by atoms with Crippen LogP contribution in [0.5, 0.6) is 0 Å². The van der Waals surface area contributed by atoms with Gasteiger partial charge in [-0.05, 0) is 19.9 Å². The highest BCUT2D eigenvalue weighted by Gasteiger charge is 2.33. The van der Waals surface area contributed by atoms with Crippen LogP contribution in [-0.4, -0.2) is 20.6 Å². The molecular weight excluding hydrogens is 315 g/mol. The number of carboxylic acids is 1. The van der Waals surface area contributed by atoms with Gasteiger partial charge in [-0.15, -0.1) is 0 Å². The van der Waals surface area contributed by atoms with Gasteiger partial charge in [0.2, 0.25) is 0 Å². The van der Waals surface area contributed by atoms with Gasteiger partial charge in [0, 0.05) is 11.8 Å². The summed E-state index contributed by atoms with van der Waals surface area (Å²) in [5.41, 5.74) is -3.56. The van der Waals surface area contributed by atoms with Crippen LogP contribution in [-0.2, 0) is 10.3 Å². The number of aromatic amines is 1. The van der Waals surface area contributed by atoms with Crippen molar-refractivity contribution in [2.45, 2.75) is 19.4 Å². The lowest BCUT2D eigenvalue weighted by Crippen LogP contribution is -2.50. The summed E-state index contributed by atoms with van der Waals surface area (Å²) < 4.78 is 14.1. The Morgan fingerprint density at radius 3 is 2.55 bits per heavy atom. The molecular formula is C14H12ClFN2O4. The molecule has 0 fully saturated rings. The topological polar surface area (TPSA) is 92.2 Å². The molecule has 0 saturated heterocycles. The van der Waals surface area contributed by atoms with E-state index in [0.717, 1.165) is 12.3 Å². The molecule has 0 aliphatic rings. The maximum atomic E-state index is 13.5. The minimum atomic E-state index is -1.78. The van der Waals surface area contributed by atoms with Crippen molar-refractivity contribution in [2.75, 3.05) is 0 Å². The highest BCUT2D eigenvalue weighted by Crippen LogP contribution is 2.27. The Morgan fingerprint density at radius 1 is 1.32 bits per heavy atom. The van der Waals surface area contributed by atoms with Crippen LogP contribution in [0.1, 0.15) is 13.8 Å². The van der Waals surface area contributed by atoms with Gasteiger partial charge in [0.15, 0.2) is 0 Å². The predicted molar refractivity (Wildman–Crippen MR) is 78.7 cm³/mol. The first kappa shape index (κ1) is 16.0. The normalized spacial score (nSPS) is 11.5. The number of carbonyl (C=O) groups is 1. The molecule has 2 rings (SSSR count). The van der Waals surface area contributed by atoms with E-state index in [0.29, 0.717) is 4.57 Å². The molecule has 1 aromatic heterocycles. The van der Waals surface area contributed by atoms with Crippen molar-refractivity contribution in [3.63, 3.8) is 0 Å². The summed E-state index contributed by atoms with van der Waals surface area (Å²) in [6.07, 6.45) is 1.08. The van der Waals surface area contributed by atoms with Crippen molar-refractivity contribution in [2.24, 2.45) is 0 Å². The van der Waals surface area contributed by atoms with Gasteiger partial charge in [0.25, 0.3) is 5.56 Å². The second kappa shape index (κ2) is 5.42. The fourth-order valence-electron chi connectivity index (χ4n) is 1.98. The molecule has 8 heteroatoms. The van der Waals surface area contributed by atoms with E-state index < -0.39 is 28.6 Å². The van der Waals surface area contributed by atoms with Crippen molar-refractivity contribution in [3.05, 3.63) is 56.1 Å². The number of nitrogens with one attached hydrogen (secondary N) is 1. The average molecular weight is 327 g/mol. The number of benzene rings is 1. The summed E-state index contributed by atoms with van der Waals surface area (Å²) in [5.74, 6) is -2.09. The number of hydrogen-bond acceptors (Lipinski definition) is 3. The zero-order chi connectivity index (χ0) is 16.7. The first-order valence-electron chi connectivity index (χ1n) is 6.21. The van der Waals surface area contributed by atoms with Crippen LogP contribution in [0.25, 0.3) is 11.1 Å². The fraction of sp³-hybridized carbons (Fsp3) is 0.214. The molecule has 0 aliphatic heterocycles. The third-order valence-corrected chi connectivity index (χ3v) is 3.68. The minimum absolute atomic E-state index is 0.0675. The third kappa shape index (κ3) is 2.43. The van der Waals surface area contributed by atoms with Crippen molar-refractivity contribution >= 4 is 17.6 Å². The van der Waals surface area contributed by atoms with E-state index in [1.807, 2.05) is 0 Å². The summed E-state index contributed by atoms with van der Waals surface area (Å²) in [6, 6.07) is 3.88. The second-order valence-electron chi connectivity index (χ2n) is 5.11. The predicted octanol–water partition coefficient (Wildman–Crippen LogP) is 1.82. The number of H-pyrrole nitrogens is 1. The van der Waals surface area contributed by atoms with Crippen LogP contribution in [0.15, 0.2) is 34.0 Å². The minimum Gasteiger partial charge on any atom is -0.480 e. The molecule has 22 heavy (non-hydrogen) atoms. The SMILES string of the molecule is CC(C)(C(=O)O)n1c(=O)[nH]cc(-c2cccc(F)c2Cl)c1=O. The van der Waals surface area contributed by atoms with Crippen LogP contribution in [0.3, 0.4) is 0 Å². The molecule has 0 aliphatic carbocycles. The number of halogens is 2. The van der Waals surface area contributed by atoms with Gasteiger partial charge in [-0.1, -0.05) is 23.7 Å². The Kier molecular flexibility index (Phi) is 3.93. The van der Waals surface area contributed by atoms with Crippen molar-refractivity contribution in [1.82, 2.24) is 9.55 Å². The van der Waals surface area contributed by atoms with Gasteiger partial charge in [-0.2, -0.15) is 0 Å². The Hall–Kier alpha value is -2.41. The number of aromatic nitrogens is 2. The van der Waals surface area contributed by atoms with Crippen LogP contribution >= 0.6 is 11.6 Å². The highest BCUT2D eigenvalue weighted by atomic mass is 35.5. The van der Waals surface area contributed by atoms with Gasteiger partial charge < -0.3 is 10.1 Å². The smallest absolute Gasteiger partial charge is 0.329 e. The molecule has 6 nitrogen and oxygen atoms in total. The van der Waals surface area contributed by atoms with Crippen molar-refractivity contribution < 1.29 is 14.3 Å². The monoisotopic (exact) mass is 326 g/mol. The maximum Gasteiger partial charge on any atom is 0.329 e. The van der Waals surface area contributed by atoms with Gasteiger partial charge in [-0.3, -0.25) is 4.79 Å². The average Bonchev–Trinajstić information content (AvgIpc) is 2.42. The molecule has 0 atom stereocenters. The molecule has 2 aromatic rings. The summed E-state index contributed by atoms with van der Waals surface area (Å²) >= 11 is 5.84. The standard InChI is InChI=1S/C14H12ClFN2O4/c1-14(2,12(20)21)18-11(19)8(6-17-13(18)22)7-4-3-5-9(16)10(7)15/h3-6H,1-2H3,(H,17,22)(H,20,21). The van der Waals surface area contributed by atoms with Gasteiger partial charge in [0.05, 0.1) is 10.6 Å². The molecule has 0 radical (unpaired) electrons. The first-order valence-corrected chi connectivity index (χ1v) is 6.58. The van der Waals surface area contributed by atoms with Crippen LogP contribution in [0, 0.1) is 5.82 Å². The number of rotatable bonds is 3. The Balaban J connectivity index is 2.83. The van der Waals surface area contributed by atoms with E-state index >= 15 is 0 Å². The lowest BCUT2D eigenvalue weighted by Gasteiger charge is -2.21. The van der Waals surface area contributed by atoms with Crippen molar-refractivity contribution in [1.29, 1.82) is 0 Å². The fourth-order valence-corrected chi connectivity index (χ4v) is 2.21. The van der Waals surface area contributed by atoms with E-state index in [2.05, 4.69) is 4.98 Å². The molecule has 0 amide bonds. The summed E-state index contributed by atoms with van der Waals surface area (Å²) in [4.78, 5) is 37.9. The first-order chi connectivity index (χ1) is 10.2. The van der Waals surface area contributed by atoms with E-state index in [-0.39, 0.29) is 16.1 Å². The third-order valence-electron chi connectivity index (χ3n) is 3.30. The molecule has 0 bridgehead atoms. The highest BCUT2D eigenvalue weighted by molar-refractivity contribution is 6.33. The van der Waals surface area contributed by atoms with Crippen LogP contribution in [0.2, 0.25) is 5.02 Å².